The molecular weight excluding hydrogens is 264 g/mol. The monoisotopic (exact) mass is 278 g/mol. The van der Waals surface area contributed by atoms with E-state index in [1.165, 1.54) is 0 Å². The maximum atomic E-state index is 6.00. The Morgan fingerprint density at radius 3 is 2.74 bits per heavy atom. The molecule has 5 nitrogen and oxygen atoms in total. The van der Waals surface area contributed by atoms with Gasteiger partial charge in [-0.05, 0) is 30.7 Å². The molecule has 100 valence electrons. The van der Waals surface area contributed by atoms with E-state index in [0.29, 0.717) is 17.2 Å². The maximum absolute atomic E-state index is 6.00. The lowest BCUT2D eigenvalue weighted by Crippen LogP contribution is -2.15. The number of nitrogen functional groups attached to an aromatic ring is 1. The Hall–Kier alpha value is -2.01. The fraction of sp³-hybridized carbons (Fsp3) is 0.231. The highest BCUT2D eigenvalue weighted by Crippen LogP contribution is 2.31. The minimum atomic E-state index is 0.177. The number of anilines is 3. The minimum absolute atomic E-state index is 0.177. The van der Waals surface area contributed by atoms with Gasteiger partial charge in [0, 0.05) is 18.8 Å². The molecule has 1 aromatic heterocycles. The second-order valence-corrected chi connectivity index (χ2v) is 4.41. The molecule has 1 heterocycles. The van der Waals surface area contributed by atoms with Gasteiger partial charge in [0.2, 0.25) is 5.28 Å². The number of aryl methyl sites for hydroxylation is 1. The summed E-state index contributed by atoms with van der Waals surface area (Å²) in [5, 5.41) is 0.177. The van der Waals surface area contributed by atoms with Crippen LogP contribution in [0.3, 0.4) is 0 Å². The number of aromatic nitrogens is 2. The molecule has 0 aliphatic rings. The molecule has 19 heavy (non-hydrogen) atoms. The average molecular weight is 279 g/mol. The van der Waals surface area contributed by atoms with Crippen molar-refractivity contribution in [2.24, 2.45) is 0 Å². The first-order valence-corrected chi connectivity index (χ1v) is 6.08. The summed E-state index contributed by atoms with van der Waals surface area (Å²) < 4.78 is 5.20. The Balaban J connectivity index is 2.46. The number of methoxy groups -OCH3 is 1. The lowest BCUT2D eigenvalue weighted by Gasteiger charge is -2.21. The van der Waals surface area contributed by atoms with Crippen LogP contribution >= 0.6 is 11.6 Å². The van der Waals surface area contributed by atoms with E-state index >= 15 is 0 Å². The number of hydrogen-bond acceptors (Lipinski definition) is 5. The van der Waals surface area contributed by atoms with Gasteiger partial charge in [0.1, 0.15) is 5.75 Å². The summed E-state index contributed by atoms with van der Waals surface area (Å²) in [6, 6.07) is 7.60. The van der Waals surface area contributed by atoms with E-state index in [2.05, 4.69) is 9.97 Å². The summed E-state index contributed by atoms with van der Waals surface area (Å²) in [6.45, 7) is 1.80. The molecular formula is C13H15ClN4O. The zero-order valence-electron chi connectivity index (χ0n) is 11.0. The van der Waals surface area contributed by atoms with Crippen LogP contribution in [0.1, 0.15) is 5.69 Å². The standard InChI is InChI=1S/C13H15ClN4O/c1-8-11(15)12(17-13(14)16-8)18(2)9-5-4-6-10(7-9)19-3/h4-7H,15H2,1-3H3. The molecule has 6 heteroatoms. The molecule has 0 aliphatic carbocycles. The SMILES string of the molecule is COc1cccc(N(C)c2nc(Cl)nc(C)c2N)c1. The number of nitrogens with two attached hydrogens (primary N) is 1. The molecule has 0 bridgehead atoms. The number of benzene rings is 1. The zero-order chi connectivity index (χ0) is 14.0. The van der Waals surface area contributed by atoms with E-state index in [1.54, 1.807) is 14.0 Å². The van der Waals surface area contributed by atoms with Crippen molar-refractivity contribution in [1.82, 2.24) is 9.97 Å². The van der Waals surface area contributed by atoms with Gasteiger partial charge in [0.15, 0.2) is 5.82 Å². The average Bonchev–Trinajstić information content (AvgIpc) is 2.42. The van der Waals surface area contributed by atoms with E-state index in [9.17, 15) is 0 Å². The van der Waals surface area contributed by atoms with Gasteiger partial charge in [-0.15, -0.1) is 0 Å². The molecule has 0 spiro atoms. The highest BCUT2D eigenvalue weighted by molar-refractivity contribution is 6.28. The number of halogens is 1. The third kappa shape index (κ3) is 2.71. The van der Waals surface area contributed by atoms with Crippen LogP contribution in [0.2, 0.25) is 5.28 Å². The van der Waals surface area contributed by atoms with Crippen molar-refractivity contribution in [3.8, 4) is 5.75 Å². The van der Waals surface area contributed by atoms with Crippen molar-refractivity contribution in [3.05, 3.63) is 35.2 Å². The maximum Gasteiger partial charge on any atom is 0.224 e. The van der Waals surface area contributed by atoms with Crippen molar-refractivity contribution in [1.29, 1.82) is 0 Å². The number of rotatable bonds is 3. The molecule has 1 aromatic carbocycles. The minimum Gasteiger partial charge on any atom is -0.497 e. The fourth-order valence-electron chi connectivity index (χ4n) is 1.73. The fourth-order valence-corrected chi connectivity index (χ4v) is 1.94. The van der Waals surface area contributed by atoms with Crippen LogP contribution in [0, 0.1) is 6.92 Å². The van der Waals surface area contributed by atoms with E-state index in [1.807, 2.05) is 36.2 Å². The van der Waals surface area contributed by atoms with Gasteiger partial charge in [-0.1, -0.05) is 6.07 Å². The van der Waals surface area contributed by atoms with Gasteiger partial charge in [-0.2, -0.15) is 4.98 Å². The first kappa shape index (κ1) is 13.4. The lowest BCUT2D eigenvalue weighted by molar-refractivity contribution is 0.415. The van der Waals surface area contributed by atoms with Gasteiger partial charge in [0.25, 0.3) is 0 Å². The third-order valence-corrected chi connectivity index (χ3v) is 3.02. The normalized spacial score (nSPS) is 10.3. The smallest absolute Gasteiger partial charge is 0.224 e. The molecule has 0 atom stereocenters. The van der Waals surface area contributed by atoms with Crippen LogP contribution in [-0.2, 0) is 0 Å². The summed E-state index contributed by atoms with van der Waals surface area (Å²) in [5.74, 6) is 1.34. The Labute approximate surface area is 117 Å². The summed E-state index contributed by atoms with van der Waals surface area (Å²) in [6.07, 6.45) is 0. The largest absolute Gasteiger partial charge is 0.497 e. The Morgan fingerprint density at radius 1 is 1.32 bits per heavy atom. The van der Waals surface area contributed by atoms with E-state index < -0.39 is 0 Å². The third-order valence-electron chi connectivity index (χ3n) is 2.85. The van der Waals surface area contributed by atoms with Crippen LogP contribution < -0.4 is 15.4 Å². The van der Waals surface area contributed by atoms with Crippen molar-refractivity contribution >= 4 is 28.8 Å². The predicted molar refractivity (Wildman–Crippen MR) is 77.2 cm³/mol. The van der Waals surface area contributed by atoms with Gasteiger partial charge in [-0.25, -0.2) is 4.98 Å². The van der Waals surface area contributed by atoms with Crippen LogP contribution in [-0.4, -0.2) is 24.1 Å². The van der Waals surface area contributed by atoms with E-state index in [4.69, 9.17) is 22.1 Å². The van der Waals surface area contributed by atoms with Gasteiger partial charge in [-0.3, -0.25) is 0 Å². The lowest BCUT2D eigenvalue weighted by atomic mass is 10.2. The molecule has 0 unspecified atom stereocenters. The molecule has 0 saturated heterocycles. The first-order valence-electron chi connectivity index (χ1n) is 5.70. The second kappa shape index (κ2) is 5.32. The molecule has 0 aliphatic heterocycles. The summed E-state index contributed by atoms with van der Waals surface area (Å²) in [5.41, 5.74) is 8.07. The van der Waals surface area contributed by atoms with Gasteiger partial charge >= 0.3 is 0 Å². The molecule has 2 N–H and O–H groups in total. The quantitative estimate of drug-likeness (QED) is 0.875. The van der Waals surface area contributed by atoms with Crippen LogP contribution in [0.5, 0.6) is 5.75 Å². The zero-order valence-corrected chi connectivity index (χ0v) is 11.8. The Bertz CT molecular complexity index is 603. The van der Waals surface area contributed by atoms with E-state index in [0.717, 1.165) is 11.4 Å². The molecule has 2 aromatic rings. The number of nitrogens with zero attached hydrogens (tertiary/aromatic N) is 3. The molecule has 0 fully saturated rings. The summed E-state index contributed by atoms with van der Waals surface area (Å²) in [7, 11) is 3.49. The van der Waals surface area contributed by atoms with Gasteiger partial charge < -0.3 is 15.4 Å². The topological polar surface area (TPSA) is 64.3 Å². The van der Waals surface area contributed by atoms with Crippen molar-refractivity contribution in [2.45, 2.75) is 6.92 Å². The Morgan fingerprint density at radius 2 is 2.05 bits per heavy atom. The molecule has 0 amide bonds. The number of hydrogen-bond donors (Lipinski definition) is 1. The molecule has 0 saturated carbocycles. The summed E-state index contributed by atoms with van der Waals surface area (Å²) in [4.78, 5) is 10.0. The first-order chi connectivity index (χ1) is 9.02. The van der Waals surface area contributed by atoms with E-state index in [-0.39, 0.29) is 5.28 Å². The molecule has 0 radical (unpaired) electrons. The number of ether oxygens (including phenoxy) is 1. The Kier molecular flexibility index (Phi) is 3.76. The van der Waals surface area contributed by atoms with Gasteiger partial charge in [0.05, 0.1) is 18.5 Å². The highest BCUT2D eigenvalue weighted by Gasteiger charge is 2.14. The highest BCUT2D eigenvalue weighted by atomic mass is 35.5. The predicted octanol–water partition coefficient (Wildman–Crippen LogP) is 2.80. The van der Waals surface area contributed by atoms with Crippen molar-refractivity contribution in [2.75, 3.05) is 24.8 Å². The van der Waals surface area contributed by atoms with Crippen molar-refractivity contribution in [3.63, 3.8) is 0 Å². The summed E-state index contributed by atoms with van der Waals surface area (Å²) >= 11 is 5.88. The second-order valence-electron chi connectivity index (χ2n) is 4.08. The van der Waals surface area contributed by atoms with Crippen LogP contribution in [0.15, 0.2) is 24.3 Å². The van der Waals surface area contributed by atoms with Crippen LogP contribution in [0.25, 0.3) is 0 Å². The molecule has 2 rings (SSSR count). The van der Waals surface area contributed by atoms with Crippen molar-refractivity contribution < 1.29 is 4.74 Å². The van der Waals surface area contributed by atoms with Crippen LogP contribution in [0.4, 0.5) is 17.2 Å².